The zero-order chi connectivity index (χ0) is 11.7. The summed E-state index contributed by atoms with van der Waals surface area (Å²) >= 11 is 0. The summed E-state index contributed by atoms with van der Waals surface area (Å²) in [6, 6.07) is 0. The highest BCUT2D eigenvalue weighted by Gasteiger charge is 2.41. The summed E-state index contributed by atoms with van der Waals surface area (Å²) in [6.45, 7) is 1.74. The van der Waals surface area contributed by atoms with Crippen molar-refractivity contribution in [3.63, 3.8) is 0 Å². The summed E-state index contributed by atoms with van der Waals surface area (Å²) in [5, 5.41) is 0. The topological polar surface area (TPSA) is 61.8 Å². The SMILES string of the molecule is C/C=C1/C(=O)O[C@@H]2C[C@H]1C(C(=O)OC)=CO2. The number of rotatable bonds is 1. The first-order chi connectivity index (χ1) is 7.67. The maximum atomic E-state index is 11.5. The van der Waals surface area contributed by atoms with Gasteiger partial charge in [0.05, 0.1) is 18.9 Å². The van der Waals surface area contributed by atoms with Crippen molar-refractivity contribution in [2.75, 3.05) is 7.11 Å². The van der Waals surface area contributed by atoms with Crippen LogP contribution in [-0.4, -0.2) is 25.3 Å². The van der Waals surface area contributed by atoms with Crippen LogP contribution in [0.2, 0.25) is 0 Å². The summed E-state index contributed by atoms with van der Waals surface area (Å²) < 4.78 is 14.8. The third-order valence-corrected chi connectivity index (χ3v) is 2.73. The average molecular weight is 224 g/mol. The Balaban J connectivity index is 2.36. The Labute approximate surface area is 92.7 Å². The normalized spacial score (nSPS) is 30.2. The van der Waals surface area contributed by atoms with Crippen LogP contribution >= 0.6 is 0 Å². The molecule has 0 aromatic rings. The second kappa shape index (κ2) is 4.00. The van der Waals surface area contributed by atoms with E-state index in [2.05, 4.69) is 4.74 Å². The number of carbonyl (C=O) groups excluding carboxylic acids is 2. The van der Waals surface area contributed by atoms with Crippen LogP contribution in [0.1, 0.15) is 13.3 Å². The number of esters is 2. The molecule has 1 saturated heterocycles. The molecule has 0 unspecified atom stereocenters. The molecule has 5 heteroatoms. The molecule has 0 aliphatic carbocycles. The van der Waals surface area contributed by atoms with Crippen molar-refractivity contribution in [2.45, 2.75) is 19.6 Å². The molecule has 2 heterocycles. The molecule has 0 N–H and O–H groups in total. The highest BCUT2D eigenvalue weighted by molar-refractivity contribution is 5.96. The minimum atomic E-state index is -0.588. The molecule has 2 atom stereocenters. The Morgan fingerprint density at radius 3 is 3.00 bits per heavy atom. The molecule has 0 spiro atoms. The number of fused-ring (bicyclic) bond motifs is 2. The van der Waals surface area contributed by atoms with Crippen molar-refractivity contribution < 1.29 is 23.8 Å². The van der Waals surface area contributed by atoms with Gasteiger partial charge in [0.25, 0.3) is 0 Å². The van der Waals surface area contributed by atoms with Gasteiger partial charge in [0.15, 0.2) is 0 Å². The minimum Gasteiger partial charge on any atom is -0.466 e. The predicted molar refractivity (Wildman–Crippen MR) is 52.9 cm³/mol. The second-order valence-corrected chi connectivity index (χ2v) is 3.57. The molecule has 2 rings (SSSR count). The smallest absolute Gasteiger partial charge is 0.337 e. The fourth-order valence-corrected chi connectivity index (χ4v) is 1.93. The van der Waals surface area contributed by atoms with Gasteiger partial charge in [0.1, 0.15) is 0 Å². The Bertz CT molecular complexity index is 393. The molecular formula is C11H12O5. The monoisotopic (exact) mass is 224 g/mol. The van der Waals surface area contributed by atoms with Gasteiger partial charge >= 0.3 is 11.9 Å². The van der Waals surface area contributed by atoms with E-state index >= 15 is 0 Å². The molecule has 2 bridgehead atoms. The quantitative estimate of drug-likeness (QED) is 0.489. The highest BCUT2D eigenvalue weighted by atomic mass is 16.7. The van der Waals surface area contributed by atoms with Crippen LogP contribution < -0.4 is 0 Å². The predicted octanol–water partition coefficient (Wildman–Crippen LogP) is 0.909. The maximum Gasteiger partial charge on any atom is 0.337 e. The maximum absolute atomic E-state index is 11.5. The number of carbonyl (C=O) groups is 2. The van der Waals surface area contributed by atoms with E-state index in [4.69, 9.17) is 9.47 Å². The first kappa shape index (κ1) is 10.7. The van der Waals surface area contributed by atoms with E-state index in [1.54, 1.807) is 13.0 Å². The lowest BCUT2D eigenvalue weighted by atomic mass is 9.85. The van der Waals surface area contributed by atoms with Gasteiger partial charge in [-0.2, -0.15) is 0 Å². The first-order valence-electron chi connectivity index (χ1n) is 4.98. The van der Waals surface area contributed by atoms with Gasteiger partial charge in [-0.15, -0.1) is 0 Å². The van der Waals surface area contributed by atoms with E-state index < -0.39 is 18.2 Å². The van der Waals surface area contributed by atoms with Gasteiger partial charge in [-0.05, 0) is 6.92 Å². The van der Waals surface area contributed by atoms with E-state index in [-0.39, 0.29) is 5.92 Å². The molecule has 0 saturated carbocycles. The van der Waals surface area contributed by atoms with E-state index in [1.807, 2.05) is 0 Å². The number of methoxy groups -OCH3 is 1. The van der Waals surface area contributed by atoms with E-state index in [0.717, 1.165) is 0 Å². The Morgan fingerprint density at radius 1 is 1.62 bits per heavy atom. The summed E-state index contributed by atoms with van der Waals surface area (Å²) in [4.78, 5) is 23.0. The van der Waals surface area contributed by atoms with Crippen LogP contribution in [0, 0.1) is 5.92 Å². The molecule has 5 nitrogen and oxygen atoms in total. The molecule has 86 valence electrons. The third kappa shape index (κ3) is 1.58. The van der Waals surface area contributed by atoms with Gasteiger partial charge < -0.3 is 14.2 Å². The largest absolute Gasteiger partial charge is 0.466 e. The summed E-state index contributed by atoms with van der Waals surface area (Å²) in [5.41, 5.74) is 0.847. The number of hydrogen-bond acceptors (Lipinski definition) is 5. The molecular weight excluding hydrogens is 212 g/mol. The van der Waals surface area contributed by atoms with Crippen LogP contribution in [0.15, 0.2) is 23.5 Å². The Hall–Kier alpha value is -1.78. The number of hydrogen-bond donors (Lipinski definition) is 0. The van der Waals surface area contributed by atoms with Crippen molar-refractivity contribution in [3.05, 3.63) is 23.5 Å². The van der Waals surface area contributed by atoms with Crippen molar-refractivity contribution in [1.82, 2.24) is 0 Å². The zero-order valence-electron chi connectivity index (χ0n) is 9.06. The van der Waals surface area contributed by atoms with Gasteiger partial charge in [-0.25, -0.2) is 9.59 Å². The summed E-state index contributed by atoms with van der Waals surface area (Å²) in [6.07, 6.45) is 2.85. The number of ether oxygens (including phenoxy) is 3. The molecule has 0 aromatic carbocycles. The molecule has 0 amide bonds. The fourth-order valence-electron chi connectivity index (χ4n) is 1.93. The van der Waals surface area contributed by atoms with E-state index in [1.165, 1.54) is 13.4 Å². The number of allylic oxidation sites excluding steroid dienone is 1. The van der Waals surface area contributed by atoms with Gasteiger partial charge in [0, 0.05) is 17.9 Å². The van der Waals surface area contributed by atoms with Crippen LogP contribution in [0.5, 0.6) is 0 Å². The Morgan fingerprint density at radius 2 is 2.38 bits per heavy atom. The highest BCUT2D eigenvalue weighted by Crippen LogP contribution is 2.36. The van der Waals surface area contributed by atoms with E-state index in [0.29, 0.717) is 17.6 Å². The second-order valence-electron chi connectivity index (χ2n) is 3.57. The standard InChI is InChI=1S/C11H12O5/c1-3-6-7-4-9(16-11(6)13)15-5-8(7)10(12)14-2/h3,5,7,9H,4H2,1-2H3/b6-3+/t7-,9-/m1/s1. The first-order valence-corrected chi connectivity index (χ1v) is 4.98. The molecule has 0 aromatic heterocycles. The molecule has 16 heavy (non-hydrogen) atoms. The van der Waals surface area contributed by atoms with Gasteiger partial charge in [0.2, 0.25) is 6.29 Å². The van der Waals surface area contributed by atoms with Crippen molar-refractivity contribution in [1.29, 1.82) is 0 Å². The molecule has 1 fully saturated rings. The van der Waals surface area contributed by atoms with Crippen molar-refractivity contribution >= 4 is 11.9 Å². The Kier molecular flexibility index (Phi) is 2.68. The zero-order valence-corrected chi connectivity index (χ0v) is 9.06. The van der Waals surface area contributed by atoms with Crippen LogP contribution in [0.4, 0.5) is 0 Å². The average Bonchev–Trinajstić information content (AvgIpc) is 2.28. The van der Waals surface area contributed by atoms with Crippen LogP contribution in [0.25, 0.3) is 0 Å². The summed E-state index contributed by atoms with van der Waals surface area (Å²) in [5.74, 6) is -1.19. The molecule has 2 aliphatic heterocycles. The lowest BCUT2D eigenvalue weighted by Gasteiger charge is -2.34. The van der Waals surface area contributed by atoms with Crippen LogP contribution in [-0.2, 0) is 23.8 Å². The lowest BCUT2D eigenvalue weighted by Crippen LogP contribution is -2.38. The van der Waals surface area contributed by atoms with Gasteiger partial charge in [-0.3, -0.25) is 0 Å². The lowest BCUT2D eigenvalue weighted by molar-refractivity contribution is -0.177. The van der Waals surface area contributed by atoms with E-state index in [9.17, 15) is 9.59 Å². The van der Waals surface area contributed by atoms with Gasteiger partial charge in [-0.1, -0.05) is 6.08 Å². The van der Waals surface area contributed by atoms with Crippen LogP contribution in [0.3, 0.4) is 0 Å². The fraction of sp³-hybridized carbons (Fsp3) is 0.455. The minimum absolute atomic E-state index is 0.280. The summed E-state index contributed by atoms with van der Waals surface area (Å²) in [7, 11) is 1.30. The molecule has 0 radical (unpaired) electrons. The van der Waals surface area contributed by atoms with Crippen molar-refractivity contribution in [2.24, 2.45) is 5.92 Å². The molecule has 2 aliphatic rings. The third-order valence-electron chi connectivity index (χ3n) is 2.73. The van der Waals surface area contributed by atoms with Crippen molar-refractivity contribution in [3.8, 4) is 0 Å².